The molecule has 5 rings (SSSR count). The van der Waals surface area contributed by atoms with E-state index in [0.717, 1.165) is 38.3 Å². The number of anilines is 3. The highest BCUT2D eigenvalue weighted by Crippen LogP contribution is 2.46. The summed E-state index contributed by atoms with van der Waals surface area (Å²) in [5.41, 5.74) is 7.61. The second-order valence-electron chi connectivity index (χ2n) is 7.76. The zero-order chi connectivity index (χ0) is 21.9. The van der Waals surface area contributed by atoms with Crippen LogP contribution in [0.4, 0.5) is 16.4 Å². The van der Waals surface area contributed by atoms with E-state index >= 15 is 0 Å². The zero-order valence-electron chi connectivity index (χ0n) is 18.1. The van der Waals surface area contributed by atoms with Crippen molar-refractivity contribution in [2.75, 3.05) is 4.90 Å². The van der Waals surface area contributed by atoms with E-state index in [2.05, 4.69) is 96.5 Å². The molecule has 2 heterocycles. The predicted octanol–water partition coefficient (Wildman–Crippen LogP) is 7.96. The SMILES string of the molecule is Cc1ccc(N(c2ccc(C)cc2)c2sc(-c3ccccn3)nc2-c2ccccc2)cc1. The number of thiazole rings is 1. The maximum atomic E-state index is 5.07. The lowest BCUT2D eigenvalue weighted by molar-refractivity contribution is 1.26. The molecule has 2 aromatic heterocycles. The van der Waals surface area contributed by atoms with Crippen molar-refractivity contribution in [3.8, 4) is 22.0 Å². The third kappa shape index (κ3) is 4.05. The highest BCUT2D eigenvalue weighted by Gasteiger charge is 2.23. The van der Waals surface area contributed by atoms with Crippen molar-refractivity contribution in [1.82, 2.24) is 9.97 Å². The number of pyridine rings is 1. The molecule has 0 fully saturated rings. The van der Waals surface area contributed by atoms with E-state index < -0.39 is 0 Å². The summed E-state index contributed by atoms with van der Waals surface area (Å²) in [6.07, 6.45) is 1.82. The van der Waals surface area contributed by atoms with Gasteiger partial charge in [-0.15, -0.1) is 0 Å². The predicted molar refractivity (Wildman–Crippen MR) is 135 cm³/mol. The molecule has 4 heteroatoms. The normalized spacial score (nSPS) is 10.8. The quantitative estimate of drug-likeness (QED) is 0.281. The van der Waals surface area contributed by atoms with Crippen molar-refractivity contribution in [2.24, 2.45) is 0 Å². The number of rotatable bonds is 5. The Hall–Kier alpha value is -3.76. The number of nitrogens with zero attached hydrogens (tertiary/aromatic N) is 3. The zero-order valence-corrected chi connectivity index (χ0v) is 18.9. The first kappa shape index (κ1) is 20.2. The molecule has 0 aliphatic heterocycles. The first-order valence-corrected chi connectivity index (χ1v) is 11.4. The Morgan fingerprint density at radius 2 is 1.25 bits per heavy atom. The van der Waals surface area contributed by atoms with Crippen LogP contribution in [-0.2, 0) is 0 Å². The van der Waals surface area contributed by atoms with E-state index in [1.54, 1.807) is 11.3 Å². The van der Waals surface area contributed by atoms with E-state index in [0.29, 0.717) is 0 Å². The van der Waals surface area contributed by atoms with E-state index in [9.17, 15) is 0 Å². The largest absolute Gasteiger partial charge is 0.300 e. The lowest BCUT2D eigenvalue weighted by Crippen LogP contribution is -2.09. The van der Waals surface area contributed by atoms with Crippen LogP contribution in [0.25, 0.3) is 22.0 Å². The fourth-order valence-corrected chi connectivity index (χ4v) is 4.73. The number of benzene rings is 3. The van der Waals surface area contributed by atoms with Crippen LogP contribution in [0.3, 0.4) is 0 Å². The van der Waals surface area contributed by atoms with Gasteiger partial charge in [-0.1, -0.05) is 83.1 Å². The Kier molecular flexibility index (Phi) is 5.53. The molecule has 0 saturated carbocycles. The molecule has 0 N–H and O–H groups in total. The lowest BCUT2D eigenvalue weighted by atomic mass is 10.1. The summed E-state index contributed by atoms with van der Waals surface area (Å²) in [5.74, 6) is 0. The highest BCUT2D eigenvalue weighted by molar-refractivity contribution is 7.19. The first-order valence-electron chi connectivity index (χ1n) is 10.6. The van der Waals surface area contributed by atoms with E-state index in [4.69, 9.17) is 4.98 Å². The molecule has 156 valence electrons. The van der Waals surface area contributed by atoms with Gasteiger partial charge < -0.3 is 4.90 Å². The van der Waals surface area contributed by atoms with Crippen LogP contribution < -0.4 is 4.90 Å². The van der Waals surface area contributed by atoms with Gasteiger partial charge in [0, 0.05) is 23.1 Å². The average molecular weight is 434 g/mol. The smallest absolute Gasteiger partial charge is 0.144 e. The summed E-state index contributed by atoms with van der Waals surface area (Å²) in [6, 6.07) is 33.6. The Balaban J connectivity index is 1.75. The topological polar surface area (TPSA) is 29.0 Å². The Bertz CT molecular complexity index is 1260. The fraction of sp³-hybridized carbons (Fsp3) is 0.0714. The Morgan fingerprint density at radius 1 is 0.656 bits per heavy atom. The van der Waals surface area contributed by atoms with Crippen molar-refractivity contribution >= 4 is 27.7 Å². The molecule has 0 radical (unpaired) electrons. The standard InChI is InChI=1S/C28H23N3S/c1-20-11-15-23(16-12-20)31(24-17-13-21(2)14-18-24)28-26(22-8-4-3-5-9-22)30-27(32-28)25-10-6-7-19-29-25/h3-19H,1-2H3. The monoisotopic (exact) mass is 433 g/mol. The molecule has 0 amide bonds. The van der Waals surface area contributed by atoms with Crippen molar-refractivity contribution in [1.29, 1.82) is 0 Å². The van der Waals surface area contributed by atoms with Gasteiger partial charge in [0.2, 0.25) is 0 Å². The molecule has 0 atom stereocenters. The van der Waals surface area contributed by atoms with E-state index in [1.165, 1.54) is 11.1 Å². The first-order chi connectivity index (χ1) is 15.7. The summed E-state index contributed by atoms with van der Waals surface area (Å²) in [4.78, 5) is 11.9. The van der Waals surface area contributed by atoms with Gasteiger partial charge in [-0.2, -0.15) is 0 Å². The third-order valence-electron chi connectivity index (χ3n) is 5.33. The second kappa shape index (κ2) is 8.77. The molecular weight excluding hydrogens is 410 g/mol. The van der Waals surface area contributed by atoms with Crippen molar-refractivity contribution in [2.45, 2.75) is 13.8 Å². The highest BCUT2D eigenvalue weighted by atomic mass is 32.1. The van der Waals surface area contributed by atoms with Crippen LogP contribution in [-0.4, -0.2) is 9.97 Å². The minimum absolute atomic E-state index is 0.883. The van der Waals surface area contributed by atoms with Crippen LogP contribution in [0.2, 0.25) is 0 Å². The van der Waals surface area contributed by atoms with E-state index in [1.807, 2.05) is 30.5 Å². The molecule has 0 bridgehead atoms. The van der Waals surface area contributed by atoms with Crippen LogP contribution in [0.5, 0.6) is 0 Å². The van der Waals surface area contributed by atoms with Crippen molar-refractivity contribution in [3.05, 3.63) is 114 Å². The summed E-state index contributed by atoms with van der Waals surface area (Å²) in [7, 11) is 0. The summed E-state index contributed by atoms with van der Waals surface area (Å²) >= 11 is 1.67. The van der Waals surface area contributed by atoms with Gasteiger partial charge in [0.15, 0.2) is 0 Å². The lowest BCUT2D eigenvalue weighted by Gasteiger charge is -2.25. The summed E-state index contributed by atoms with van der Waals surface area (Å²) in [6.45, 7) is 4.22. The Morgan fingerprint density at radius 3 is 1.81 bits per heavy atom. The molecule has 5 aromatic rings. The average Bonchev–Trinajstić information content (AvgIpc) is 3.28. The summed E-state index contributed by atoms with van der Waals surface area (Å²) in [5, 5.41) is 1.98. The number of aromatic nitrogens is 2. The van der Waals surface area contributed by atoms with E-state index in [-0.39, 0.29) is 0 Å². The molecule has 3 aromatic carbocycles. The van der Waals surface area contributed by atoms with Gasteiger partial charge in [0.25, 0.3) is 0 Å². The van der Waals surface area contributed by atoms with Gasteiger partial charge in [-0.25, -0.2) is 4.98 Å². The minimum Gasteiger partial charge on any atom is -0.300 e. The molecule has 0 unspecified atom stereocenters. The van der Waals surface area contributed by atoms with Crippen LogP contribution in [0.1, 0.15) is 11.1 Å². The van der Waals surface area contributed by atoms with Crippen molar-refractivity contribution in [3.63, 3.8) is 0 Å². The van der Waals surface area contributed by atoms with Gasteiger partial charge in [-0.3, -0.25) is 4.98 Å². The maximum absolute atomic E-state index is 5.07. The molecule has 0 saturated heterocycles. The van der Waals surface area contributed by atoms with Crippen LogP contribution in [0.15, 0.2) is 103 Å². The van der Waals surface area contributed by atoms with Gasteiger partial charge in [0.05, 0.1) is 5.69 Å². The number of hydrogen-bond acceptors (Lipinski definition) is 4. The summed E-state index contributed by atoms with van der Waals surface area (Å²) < 4.78 is 0. The molecular formula is C28H23N3S. The van der Waals surface area contributed by atoms with Gasteiger partial charge in [-0.05, 0) is 50.2 Å². The van der Waals surface area contributed by atoms with Crippen molar-refractivity contribution < 1.29 is 0 Å². The molecule has 32 heavy (non-hydrogen) atoms. The molecule has 0 aliphatic rings. The molecule has 0 aliphatic carbocycles. The van der Waals surface area contributed by atoms with Gasteiger partial charge in [0.1, 0.15) is 15.7 Å². The van der Waals surface area contributed by atoms with Crippen LogP contribution >= 0.6 is 11.3 Å². The third-order valence-corrected chi connectivity index (χ3v) is 6.39. The fourth-order valence-electron chi connectivity index (χ4n) is 3.62. The van der Waals surface area contributed by atoms with Gasteiger partial charge >= 0.3 is 0 Å². The maximum Gasteiger partial charge on any atom is 0.144 e. The van der Waals surface area contributed by atoms with Crippen LogP contribution in [0, 0.1) is 13.8 Å². The molecule has 3 nitrogen and oxygen atoms in total. The second-order valence-corrected chi connectivity index (χ2v) is 8.74. The Labute approximate surface area is 192 Å². The molecule has 0 spiro atoms. The number of aryl methyl sites for hydroxylation is 2. The number of hydrogen-bond donors (Lipinski definition) is 0. The minimum atomic E-state index is 0.883.